The van der Waals surface area contributed by atoms with Gasteiger partial charge in [0.15, 0.2) is 0 Å². The Hall–Kier alpha value is -2.82. The number of nitrogens with zero attached hydrogens (tertiary/aromatic N) is 1. The van der Waals surface area contributed by atoms with Gasteiger partial charge in [0, 0.05) is 11.6 Å². The van der Waals surface area contributed by atoms with E-state index in [1.807, 2.05) is 18.2 Å². The summed E-state index contributed by atoms with van der Waals surface area (Å²) in [6.45, 7) is 0. The average Bonchev–Trinajstić information content (AvgIpc) is 3.08. The third-order valence-corrected chi connectivity index (χ3v) is 2.73. The van der Waals surface area contributed by atoms with E-state index in [9.17, 15) is 4.79 Å². The zero-order valence-electron chi connectivity index (χ0n) is 9.96. The smallest absolute Gasteiger partial charge is 0.273 e. The molecule has 5 nitrogen and oxygen atoms in total. The van der Waals surface area contributed by atoms with E-state index >= 15 is 0 Å². The maximum absolute atomic E-state index is 12.0. The Balaban J connectivity index is 1.79. The Bertz CT molecular complexity index is 726. The normalized spacial score (nSPS) is 11.2. The largest absolute Gasteiger partial charge is 0.463 e. The topological polar surface area (TPSA) is 70.4 Å². The first-order valence-corrected chi connectivity index (χ1v) is 5.77. The Morgan fingerprint density at radius 2 is 2.21 bits per heavy atom. The van der Waals surface area contributed by atoms with Gasteiger partial charge in [-0.2, -0.15) is 5.10 Å². The van der Waals surface area contributed by atoms with Gasteiger partial charge >= 0.3 is 0 Å². The number of amides is 1. The number of hydrogen-bond acceptors (Lipinski definition) is 3. The highest BCUT2D eigenvalue weighted by molar-refractivity contribution is 6.05. The highest BCUT2D eigenvalue weighted by Crippen LogP contribution is 2.16. The maximum Gasteiger partial charge on any atom is 0.273 e. The monoisotopic (exact) mass is 253 g/mol. The van der Waals surface area contributed by atoms with Gasteiger partial charge in [-0.25, -0.2) is 5.43 Å². The zero-order chi connectivity index (χ0) is 13.1. The average molecular weight is 253 g/mol. The lowest BCUT2D eigenvalue weighted by Crippen LogP contribution is -2.17. The van der Waals surface area contributed by atoms with E-state index in [0.717, 1.165) is 10.9 Å². The van der Waals surface area contributed by atoms with Crippen LogP contribution in [-0.4, -0.2) is 17.1 Å². The van der Waals surface area contributed by atoms with Gasteiger partial charge in [-0.1, -0.05) is 12.1 Å². The fourth-order valence-electron chi connectivity index (χ4n) is 1.85. The maximum atomic E-state index is 12.0. The lowest BCUT2D eigenvalue weighted by Gasteiger charge is -2.01. The number of hydrazone groups is 1. The van der Waals surface area contributed by atoms with E-state index in [-0.39, 0.29) is 5.91 Å². The second-order valence-electron chi connectivity index (χ2n) is 3.96. The van der Waals surface area contributed by atoms with Crippen molar-refractivity contribution in [2.75, 3.05) is 0 Å². The molecule has 2 aromatic heterocycles. The molecular formula is C14H11N3O2. The first-order chi connectivity index (χ1) is 9.34. The van der Waals surface area contributed by atoms with Gasteiger partial charge in [-0.05, 0) is 24.3 Å². The molecule has 0 aliphatic rings. The minimum Gasteiger partial charge on any atom is -0.463 e. The fourth-order valence-corrected chi connectivity index (χ4v) is 1.85. The number of carbonyl (C=O) groups is 1. The number of H-pyrrole nitrogens is 1. The second kappa shape index (κ2) is 4.81. The number of aromatic nitrogens is 1. The van der Waals surface area contributed by atoms with E-state index < -0.39 is 0 Å². The van der Waals surface area contributed by atoms with Crippen LogP contribution in [0.3, 0.4) is 0 Å². The molecule has 5 heteroatoms. The summed E-state index contributed by atoms with van der Waals surface area (Å²) in [5, 5.41) is 4.84. The first-order valence-electron chi connectivity index (χ1n) is 5.77. The molecule has 3 rings (SSSR count). The SMILES string of the molecule is O=C(N/N=C\c1ccco1)c1cccc2cc[nH]c12. The summed E-state index contributed by atoms with van der Waals surface area (Å²) in [4.78, 5) is 15.1. The zero-order valence-corrected chi connectivity index (χ0v) is 9.96. The lowest BCUT2D eigenvalue weighted by molar-refractivity contribution is 0.0956. The molecule has 0 bridgehead atoms. The molecule has 94 valence electrons. The molecule has 0 saturated carbocycles. The van der Waals surface area contributed by atoms with Crippen molar-refractivity contribution in [2.45, 2.75) is 0 Å². The molecule has 1 aromatic carbocycles. The Labute approximate surface area is 108 Å². The summed E-state index contributed by atoms with van der Waals surface area (Å²) in [6.07, 6.45) is 4.79. The van der Waals surface area contributed by atoms with Crippen molar-refractivity contribution in [3.8, 4) is 0 Å². The van der Waals surface area contributed by atoms with Crippen molar-refractivity contribution >= 4 is 23.0 Å². The Morgan fingerprint density at radius 1 is 1.26 bits per heavy atom. The molecule has 0 aliphatic heterocycles. The number of hydrogen-bond donors (Lipinski definition) is 2. The van der Waals surface area contributed by atoms with Crippen LogP contribution in [0.2, 0.25) is 0 Å². The summed E-state index contributed by atoms with van der Waals surface area (Å²) in [5.74, 6) is 0.314. The van der Waals surface area contributed by atoms with Crippen LogP contribution < -0.4 is 5.43 Å². The number of para-hydroxylation sites is 1. The Kier molecular flexibility index (Phi) is 2.86. The molecule has 2 heterocycles. The fraction of sp³-hybridized carbons (Fsp3) is 0. The molecule has 0 atom stereocenters. The van der Waals surface area contributed by atoms with Crippen LogP contribution in [0.5, 0.6) is 0 Å². The van der Waals surface area contributed by atoms with Gasteiger partial charge in [0.1, 0.15) is 5.76 Å². The summed E-state index contributed by atoms with van der Waals surface area (Å²) in [7, 11) is 0. The molecular weight excluding hydrogens is 242 g/mol. The standard InChI is InChI=1S/C14H11N3O2/c18-14(17-16-9-11-4-2-8-19-11)12-5-1-3-10-6-7-15-13(10)12/h1-9,15H,(H,17,18)/b16-9-. The van der Waals surface area contributed by atoms with Crippen molar-refractivity contribution in [3.63, 3.8) is 0 Å². The number of aromatic amines is 1. The van der Waals surface area contributed by atoms with Crippen LogP contribution in [0, 0.1) is 0 Å². The Morgan fingerprint density at radius 3 is 3.05 bits per heavy atom. The highest BCUT2D eigenvalue weighted by Gasteiger charge is 2.09. The molecule has 0 spiro atoms. The molecule has 2 N–H and O–H groups in total. The number of carbonyl (C=O) groups excluding carboxylic acids is 1. The van der Waals surface area contributed by atoms with E-state index in [1.165, 1.54) is 6.21 Å². The van der Waals surface area contributed by atoms with Crippen LogP contribution in [-0.2, 0) is 0 Å². The summed E-state index contributed by atoms with van der Waals surface area (Å²) < 4.78 is 5.07. The lowest BCUT2D eigenvalue weighted by atomic mass is 10.1. The van der Waals surface area contributed by atoms with Crippen molar-refractivity contribution in [1.29, 1.82) is 0 Å². The van der Waals surface area contributed by atoms with Crippen molar-refractivity contribution in [1.82, 2.24) is 10.4 Å². The number of rotatable bonds is 3. The minimum absolute atomic E-state index is 0.268. The second-order valence-corrected chi connectivity index (χ2v) is 3.96. The number of benzene rings is 1. The minimum atomic E-state index is -0.268. The van der Waals surface area contributed by atoms with E-state index in [1.54, 1.807) is 30.7 Å². The van der Waals surface area contributed by atoms with Gasteiger partial charge in [-0.15, -0.1) is 0 Å². The summed E-state index contributed by atoms with van der Waals surface area (Å²) in [6, 6.07) is 10.9. The molecule has 0 fully saturated rings. The van der Waals surface area contributed by atoms with Gasteiger partial charge in [0.2, 0.25) is 0 Å². The van der Waals surface area contributed by atoms with Crippen molar-refractivity contribution in [2.24, 2.45) is 5.10 Å². The van der Waals surface area contributed by atoms with Crippen LogP contribution in [0.1, 0.15) is 16.1 Å². The van der Waals surface area contributed by atoms with Crippen LogP contribution in [0.25, 0.3) is 10.9 Å². The molecule has 0 aliphatic carbocycles. The summed E-state index contributed by atoms with van der Waals surface area (Å²) in [5.41, 5.74) is 3.82. The molecule has 0 unspecified atom stereocenters. The third kappa shape index (κ3) is 2.26. The van der Waals surface area contributed by atoms with Crippen molar-refractivity contribution < 1.29 is 9.21 Å². The quantitative estimate of drug-likeness (QED) is 0.556. The summed E-state index contributed by atoms with van der Waals surface area (Å²) >= 11 is 0. The van der Waals surface area contributed by atoms with Crippen LogP contribution in [0.15, 0.2) is 58.4 Å². The predicted molar refractivity (Wildman–Crippen MR) is 72.1 cm³/mol. The first kappa shape index (κ1) is 11.3. The van der Waals surface area contributed by atoms with E-state index in [2.05, 4.69) is 15.5 Å². The number of furan rings is 1. The molecule has 19 heavy (non-hydrogen) atoms. The predicted octanol–water partition coefficient (Wildman–Crippen LogP) is 2.52. The van der Waals surface area contributed by atoms with E-state index in [4.69, 9.17) is 4.42 Å². The molecule has 0 saturated heterocycles. The van der Waals surface area contributed by atoms with Gasteiger partial charge < -0.3 is 9.40 Å². The molecule has 1 amide bonds. The van der Waals surface area contributed by atoms with Crippen LogP contribution in [0.4, 0.5) is 0 Å². The number of nitrogens with one attached hydrogen (secondary N) is 2. The third-order valence-electron chi connectivity index (χ3n) is 2.73. The highest BCUT2D eigenvalue weighted by atomic mass is 16.3. The van der Waals surface area contributed by atoms with Crippen molar-refractivity contribution in [3.05, 3.63) is 60.2 Å². The van der Waals surface area contributed by atoms with Gasteiger partial charge in [0.25, 0.3) is 5.91 Å². The molecule has 0 radical (unpaired) electrons. The van der Waals surface area contributed by atoms with Gasteiger partial charge in [-0.3, -0.25) is 4.79 Å². The number of fused-ring (bicyclic) bond motifs is 1. The molecule has 3 aromatic rings. The van der Waals surface area contributed by atoms with Gasteiger partial charge in [0.05, 0.1) is 23.6 Å². The van der Waals surface area contributed by atoms with Crippen LogP contribution >= 0.6 is 0 Å². The van der Waals surface area contributed by atoms with E-state index in [0.29, 0.717) is 11.3 Å².